The van der Waals surface area contributed by atoms with E-state index in [1.165, 1.54) is 11.1 Å². The molecular formula is C30H46O4. The highest BCUT2D eigenvalue weighted by Gasteiger charge is 2.68. The molecule has 0 aromatic heterocycles. The van der Waals surface area contributed by atoms with E-state index in [2.05, 4.69) is 60.6 Å². The van der Waals surface area contributed by atoms with Crippen molar-refractivity contribution < 1.29 is 20.1 Å². The average molecular weight is 471 g/mol. The van der Waals surface area contributed by atoms with E-state index < -0.39 is 17.5 Å². The van der Waals surface area contributed by atoms with Crippen molar-refractivity contribution in [3.05, 3.63) is 23.3 Å². The fourth-order valence-electron chi connectivity index (χ4n) is 9.91. The highest BCUT2D eigenvalue weighted by atomic mass is 16.4. The maximum Gasteiger partial charge on any atom is 0.310 e. The van der Waals surface area contributed by atoms with Gasteiger partial charge in [-0.15, -0.1) is 0 Å². The highest BCUT2D eigenvalue weighted by Crippen LogP contribution is 2.74. The van der Waals surface area contributed by atoms with Gasteiger partial charge < -0.3 is 15.3 Å². The molecule has 5 aliphatic carbocycles. The molecule has 0 amide bonds. The molecule has 0 radical (unpaired) electrons. The minimum atomic E-state index is -0.861. The normalized spacial score (nSPS) is 51.1. The summed E-state index contributed by atoms with van der Waals surface area (Å²) in [6.07, 6.45) is 10.5. The molecule has 0 saturated heterocycles. The van der Waals surface area contributed by atoms with Crippen LogP contribution < -0.4 is 0 Å². The number of fused-ring (bicyclic) bond motifs is 7. The Morgan fingerprint density at radius 3 is 2.12 bits per heavy atom. The van der Waals surface area contributed by atoms with Crippen molar-refractivity contribution in [2.24, 2.45) is 44.3 Å². The highest BCUT2D eigenvalue weighted by molar-refractivity contribution is 5.77. The fourth-order valence-corrected chi connectivity index (χ4v) is 9.91. The number of allylic oxidation sites excluding steroid dienone is 3. The topological polar surface area (TPSA) is 77.8 Å². The molecule has 5 aliphatic rings. The van der Waals surface area contributed by atoms with Gasteiger partial charge in [-0.05, 0) is 84.4 Å². The van der Waals surface area contributed by atoms with E-state index in [9.17, 15) is 20.1 Å². The van der Waals surface area contributed by atoms with Gasteiger partial charge in [0.2, 0.25) is 0 Å². The van der Waals surface area contributed by atoms with Crippen LogP contribution in [0.3, 0.4) is 0 Å². The van der Waals surface area contributed by atoms with E-state index >= 15 is 0 Å². The first-order valence-corrected chi connectivity index (χ1v) is 13.6. The van der Waals surface area contributed by atoms with Crippen LogP contribution in [-0.4, -0.2) is 33.5 Å². The van der Waals surface area contributed by atoms with E-state index in [-0.39, 0.29) is 39.1 Å². The van der Waals surface area contributed by atoms with E-state index in [1.807, 2.05) is 0 Å². The van der Waals surface area contributed by atoms with Crippen molar-refractivity contribution in [1.82, 2.24) is 0 Å². The minimum absolute atomic E-state index is 0.0343. The van der Waals surface area contributed by atoms with Crippen LogP contribution in [0.25, 0.3) is 0 Å². The predicted octanol–water partition coefficient (Wildman–Crippen LogP) is 6.12. The molecule has 0 aromatic carbocycles. The van der Waals surface area contributed by atoms with Gasteiger partial charge in [0.25, 0.3) is 0 Å². The van der Waals surface area contributed by atoms with Crippen LogP contribution in [0.15, 0.2) is 23.3 Å². The van der Waals surface area contributed by atoms with E-state index in [0.29, 0.717) is 18.8 Å². The molecule has 4 fully saturated rings. The Kier molecular flexibility index (Phi) is 5.06. The summed E-state index contributed by atoms with van der Waals surface area (Å²) in [5.74, 6) is -0.631. The Morgan fingerprint density at radius 1 is 0.824 bits per heavy atom. The zero-order valence-corrected chi connectivity index (χ0v) is 22.4. The largest absolute Gasteiger partial charge is 0.481 e. The van der Waals surface area contributed by atoms with Gasteiger partial charge in [0.15, 0.2) is 0 Å². The van der Waals surface area contributed by atoms with Gasteiger partial charge in [-0.3, -0.25) is 4.79 Å². The van der Waals surface area contributed by atoms with Crippen molar-refractivity contribution in [2.75, 3.05) is 0 Å². The van der Waals surface area contributed by atoms with Gasteiger partial charge in [0.05, 0.1) is 17.6 Å². The molecule has 5 rings (SSSR count). The minimum Gasteiger partial charge on any atom is -0.481 e. The first kappa shape index (κ1) is 24.6. The predicted molar refractivity (Wildman–Crippen MR) is 134 cm³/mol. The van der Waals surface area contributed by atoms with Crippen LogP contribution in [0.4, 0.5) is 0 Å². The van der Waals surface area contributed by atoms with Crippen molar-refractivity contribution in [3.63, 3.8) is 0 Å². The molecule has 4 nitrogen and oxygen atoms in total. The van der Waals surface area contributed by atoms with Crippen molar-refractivity contribution in [2.45, 2.75) is 112 Å². The molecule has 4 heteroatoms. The van der Waals surface area contributed by atoms with Crippen LogP contribution >= 0.6 is 0 Å². The summed E-state index contributed by atoms with van der Waals surface area (Å²) in [5.41, 5.74) is 1.23. The molecule has 3 N–H and O–H groups in total. The first-order valence-electron chi connectivity index (χ1n) is 13.6. The number of rotatable bonds is 1. The summed E-state index contributed by atoms with van der Waals surface area (Å²) in [6.45, 7) is 15.9. The van der Waals surface area contributed by atoms with Gasteiger partial charge >= 0.3 is 5.97 Å². The van der Waals surface area contributed by atoms with Crippen molar-refractivity contribution in [1.29, 1.82) is 0 Å². The second-order valence-electron chi connectivity index (χ2n) is 14.6. The molecule has 0 bridgehead atoms. The van der Waals surface area contributed by atoms with Crippen LogP contribution in [0, 0.1) is 44.3 Å². The third-order valence-electron chi connectivity index (χ3n) is 12.6. The standard InChI is InChI=1S/C30H46O4/c1-25(2)14-16-30(24(33)34)17-15-28(6)18(22(30)23(25)32)8-9-20-27(5)12-11-21(31)26(3,4)19(27)10-13-29(20,28)7/h8-9,19,21-23,31-32H,10-17H2,1-7H3,(H,33,34)/t19-,21-,22+,23+,27+,28+,29-,30-/m1/s1. The zero-order chi connectivity index (χ0) is 25.1. The first-order chi connectivity index (χ1) is 15.6. The summed E-state index contributed by atoms with van der Waals surface area (Å²) in [4.78, 5) is 12.8. The number of aliphatic hydroxyl groups excluding tert-OH is 2. The number of carboxylic acids is 1. The number of carboxylic acid groups (broad SMARTS) is 1. The number of aliphatic hydroxyl groups is 2. The molecule has 0 spiro atoms. The lowest BCUT2D eigenvalue weighted by atomic mass is 9.35. The van der Waals surface area contributed by atoms with Gasteiger partial charge in [0, 0.05) is 5.92 Å². The number of hydrogen-bond donors (Lipinski definition) is 3. The third-order valence-corrected chi connectivity index (χ3v) is 12.6. The summed E-state index contributed by atoms with van der Waals surface area (Å²) >= 11 is 0. The van der Waals surface area contributed by atoms with Crippen LogP contribution in [0.2, 0.25) is 0 Å². The molecule has 0 aromatic rings. The SMILES string of the molecule is CC1(C)CC[C@@]2(C(=O)O)CC[C@@]3(C)C(=CC=C4[C@@]5(C)CC[C@@H](O)C(C)(C)[C@H]5CC[C@]43C)[C@H]2[C@@H]1O. The lowest BCUT2D eigenvalue weighted by Crippen LogP contribution is -2.64. The summed E-state index contributed by atoms with van der Waals surface area (Å²) in [7, 11) is 0. The molecule has 8 atom stereocenters. The molecule has 190 valence electrons. The summed E-state index contributed by atoms with van der Waals surface area (Å²) < 4.78 is 0. The third kappa shape index (κ3) is 2.71. The molecule has 0 aliphatic heterocycles. The second-order valence-corrected chi connectivity index (χ2v) is 14.6. The van der Waals surface area contributed by atoms with Gasteiger partial charge in [-0.2, -0.15) is 0 Å². The van der Waals surface area contributed by atoms with Gasteiger partial charge in [-0.25, -0.2) is 0 Å². The van der Waals surface area contributed by atoms with E-state index in [1.54, 1.807) is 0 Å². The zero-order valence-electron chi connectivity index (χ0n) is 22.4. The Labute approximate surface area is 205 Å². The maximum absolute atomic E-state index is 12.8. The van der Waals surface area contributed by atoms with Crippen LogP contribution in [0.1, 0.15) is 99.8 Å². The average Bonchev–Trinajstić information content (AvgIpc) is 2.74. The fraction of sp³-hybridized carbons (Fsp3) is 0.833. The summed E-state index contributed by atoms with van der Waals surface area (Å²) in [6, 6.07) is 0. The van der Waals surface area contributed by atoms with Gasteiger partial charge in [-0.1, -0.05) is 71.8 Å². The monoisotopic (exact) mass is 470 g/mol. The number of hydrogen-bond acceptors (Lipinski definition) is 3. The molecular weight excluding hydrogens is 424 g/mol. The summed E-state index contributed by atoms with van der Waals surface area (Å²) in [5, 5.41) is 33.0. The Balaban J connectivity index is 1.68. The molecule has 0 heterocycles. The molecule has 4 saturated carbocycles. The van der Waals surface area contributed by atoms with Crippen molar-refractivity contribution in [3.8, 4) is 0 Å². The molecule has 0 unspecified atom stereocenters. The lowest BCUT2D eigenvalue weighted by molar-refractivity contribution is -0.178. The van der Waals surface area contributed by atoms with Crippen molar-refractivity contribution >= 4 is 5.97 Å². The maximum atomic E-state index is 12.8. The molecule has 34 heavy (non-hydrogen) atoms. The van der Waals surface area contributed by atoms with E-state index in [0.717, 1.165) is 38.5 Å². The Bertz CT molecular complexity index is 974. The van der Waals surface area contributed by atoms with Crippen LogP contribution in [0.5, 0.6) is 0 Å². The second kappa shape index (κ2) is 7.00. The number of aliphatic carboxylic acids is 1. The van der Waals surface area contributed by atoms with Crippen LogP contribution in [-0.2, 0) is 4.79 Å². The quantitative estimate of drug-likeness (QED) is 0.431. The van der Waals surface area contributed by atoms with Gasteiger partial charge in [0.1, 0.15) is 0 Å². The Hall–Kier alpha value is -1.13. The smallest absolute Gasteiger partial charge is 0.310 e. The lowest BCUT2D eigenvalue weighted by Gasteiger charge is -2.68. The number of carbonyl (C=O) groups is 1. The Morgan fingerprint density at radius 2 is 1.47 bits per heavy atom. The van der Waals surface area contributed by atoms with E-state index in [4.69, 9.17) is 0 Å².